The fourth-order valence-electron chi connectivity index (χ4n) is 2.12. The average molecular weight is 310 g/mol. The van der Waals surface area contributed by atoms with Crippen LogP contribution >= 0.6 is 0 Å². The number of aryl methyl sites for hydroxylation is 1. The molecule has 0 unspecified atom stereocenters. The van der Waals surface area contributed by atoms with Crippen LogP contribution < -0.4 is 4.90 Å². The van der Waals surface area contributed by atoms with Crippen LogP contribution in [-0.4, -0.2) is 24.8 Å². The zero-order chi connectivity index (χ0) is 17.0. The van der Waals surface area contributed by atoms with Gasteiger partial charge < -0.3 is 4.90 Å². The Labute approximate surface area is 135 Å². The number of rotatable bonds is 5. The molecule has 0 aliphatic rings. The second-order valence-corrected chi connectivity index (χ2v) is 5.44. The molecule has 5 nitrogen and oxygen atoms in total. The highest BCUT2D eigenvalue weighted by Crippen LogP contribution is 2.20. The number of nitro benzene ring substituents is 1. The number of ketones is 1. The third kappa shape index (κ3) is 4.03. The number of allylic oxidation sites excluding steroid dienone is 1. The second kappa shape index (κ2) is 6.87. The summed E-state index contributed by atoms with van der Waals surface area (Å²) in [6.45, 7) is 1.68. The van der Waals surface area contributed by atoms with E-state index in [1.807, 2.05) is 31.1 Å². The molecule has 0 spiro atoms. The van der Waals surface area contributed by atoms with E-state index in [9.17, 15) is 14.9 Å². The van der Waals surface area contributed by atoms with Crippen molar-refractivity contribution in [3.05, 3.63) is 75.3 Å². The molecule has 0 radical (unpaired) electrons. The van der Waals surface area contributed by atoms with Crippen LogP contribution in [0.4, 0.5) is 11.4 Å². The molecule has 0 atom stereocenters. The largest absolute Gasteiger partial charge is 0.378 e. The lowest BCUT2D eigenvalue weighted by Crippen LogP contribution is -2.08. The fraction of sp³-hybridized carbons (Fsp3) is 0.167. The van der Waals surface area contributed by atoms with Gasteiger partial charge in [-0.2, -0.15) is 0 Å². The van der Waals surface area contributed by atoms with Crippen LogP contribution in [0.3, 0.4) is 0 Å². The number of anilines is 1. The Kier molecular flexibility index (Phi) is 4.91. The summed E-state index contributed by atoms with van der Waals surface area (Å²) in [6.07, 6.45) is 3.02. The minimum absolute atomic E-state index is 0.0509. The maximum atomic E-state index is 12.2. The van der Waals surface area contributed by atoms with E-state index in [2.05, 4.69) is 0 Å². The van der Waals surface area contributed by atoms with Crippen LogP contribution in [0, 0.1) is 17.0 Å². The van der Waals surface area contributed by atoms with Gasteiger partial charge in [0.2, 0.25) is 0 Å². The summed E-state index contributed by atoms with van der Waals surface area (Å²) < 4.78 is 0. The van der Waals surface area contributed by atoms with Gasteiger partial charge in [-0.25, -0.2) is 0 Å². The molecule has 2 rings (SSSR count). The van der Waals surface area contributed by atoms with Gasteiger partial charge in [-0.3, -0.25) is 14.9 Å². The molecule has 0 heterocycles. The van der Waals surface area contributed by atoms with Crippen LogP contribution in [0.2, 0.25) is 0 Å². The SMILES string of the molecule is Cc1ccc(/C=C/C(=O)c2ccc(N(C)C)cc2)cc1[N+](=O)[O-]. The van der Waals surface area contributed by atoms with Crippen molar-refractivity contribution >= 4 is 23.2 Å². The minimum Gasteiger partial charge on any atom is -0.378 e. The van der Waals surface area contributed by atoms with E-state index >= 15 is 0 Å². The Morgan fingerprint density at radius 3 is 2.35 bits per heavy atom. The Morgan fingerprint density at radius 2 is 1.78 bits per heavy atom. The molecule has 0 aromatic heterocycles. The summed E-state index contributed by atoms with van der Waals surface area (Å²) >= 11 is 0. The lowest BCUT2D eigenvalue weighted by molar-refractivity contribution is -0.385. The highest BCUT2D eigenvalue weighted by Gasteiger charge is 2.10. The van der Waals surface area contributed by atoms with Crippen molar-refractivity contribution in [2.24, 2.45) is 0 Å². The Morgan fingerprint density at radius 1 is 1.13 bits per heavy atom. The first-order chi connectivity index (χ1) is 10.9. The van der Waals surface area contributed by atoms with Crippen LogP contribution in [0.5, 0.6) is 0 Å². The summed E-state index contributed by atoms with van der Waals surface area (Å²) in [5, 5.41) is 10.9. The molecule has 5 heteroatoms. The first-order valence-electron chi connectivity index (χ1n) is 7.13. The lowest BCUT2D eigenvalue weighted by atomic mass is 10.1. The molecule has 0 N–H and O–H groups in total. The molecule has 0 saturated heterocycles. The molecular weight excluding hydrogens is 292 g/mol. The molecule has 0 amide bonds. The van der Waals surface area contributed by atoms with Gasteiger partial charge in [0.1, 0.15) is 0 Å². The third-order valence-corrected chi connectivity index (χ3v) is 3.53. The number of hydrogen-bond donors (Lipinski definition) is 0. The molecule has 2 aromatic carbocycles. The van der Waals surface area contributed by atoms with Crippen molar-refractivity contribution in [1.82, 2.24) is 0 Å². The van der Waals surface area contributed by atoms with Crippen molar-refractivity contribution in [3.63, 3.8) is 0 Å². The summed E-state index contributed by atoms with van der Waals surface area (Å²) in [5.74, 6) is -0.140. The van der Waals surface area contributed by atoms with Gasteiger partial charge in [-0.05, 0) is 42.8 Å². The smallest absolute Gasteiger partial charge is 0.272 e. The van der Waals surface area contributed by atoms with Gasteiger partial charge in [0.25, 0.3) is 5.69 Å². The van der Waals surface area contributed by atoms with Crippen molar-refractivity contribution in [1.29, 1.82) is 0 Å². The molecule has 0 aliphatic carbocycles. The predicted octanol–water partition coefficient (Wildman–Crippen LogP) is 3.87. The van der Waals surface area contributed by atoms with Crippen molar-refractivity contribution < 1.29 is 9.72 Å². The molecule has 0 saturated carbocycles. The number of nitrogens with zero attached hydrogens (tertiary/aromatic N) is 2. The third-order valence-electron chi connectivity index (χ3n) is 3.53. The van der Waals surface area contributed by atoms with Gasteiger partial charge in [0, 0.05) is 37.0 Å². The Balaban J connectivity index is 2.18. The zero-order valence-corrected chi connectivity index (χ0v) is 13.3. The van der Waals surface area contributed by atoms with Gasteiger partial charge in [0.15, 0.2) is 5.78 Å². The highest BCUT2D eigenvalue weighted by atomic mass is 16.6. The summed E-state index contributed by atoms with van der Waals surface area (Å²) in [6, 6.07) is 12.2. The number of carbonyl (C=O) groups is 1. The summed E-state index contributed by atoms with van der Waals surface area (Å²) in [7, 11) is 3.86. The molecule has 0 bridgehead atoms. The van der Waals surface area contributed by atoms with Crippen LogP contribution in [0.1, 0.15) is 21.5 Å². The first-order valence-corrected chi connectivity index (χ1v) is 7.13. The number of nitro groups is 1. The van der Waals surface area contributed by atoms with Crippen molar-refractivity contribution in [3.8, 4) is 0 Å². The van der Waals surface area contributed by atoms with Crippen LogP contribution in [-0.2, 0) is 0 Å². The topological polar surface area (TPSA) is 63.5 Å². The highest BCUT2D eigenvalue weighted by molar-refractivity contribution is 6.07. The average Bonchev–Trinajstić information content (AvgIpc) is 2.53. The van der Waals surface area contributed by atoms with Crippen LogP contribution in [0.15, 0.2) is 48.5 Å². The monoisotopic (exact) mass is 310 g/mol. The van der Waals surface area contributed by atoms with Crippen molar-refractivity contribution in [2.75, 3.05) is 19.0 Å². The second-order valence-electron chi connectivity index (χ2n) is 5.44. The number of benzene rings is 2. The minimum atomic E-state index is -0.422. The fourth-order valence-corrected chi connectivity index (χ4v) is 2.12. The Bertz CT molecular complexity index is 762. The van der Waals surface area contributed by atoms with E-state index < -0.39 is 4.92 Å². The lowest BCUT2D eigenvalue weighted by Gasteiger charge is -2.11. The van der Waals surface area contributed by atoms with E-state index in [4.69, 9.17) is 0 Å². The molecule has 2 aromatic rings. The maximum absolute atomic E-state index is 12.2. The van der Waals surface area contributed by atoms with Crippen LogP contribution in [0.25, 0.3) is 6.08 Å². The van der Waals surface area contributed by atoms with Gasteiger partial charge in [-0.15, -0.1) is 0 Å². The van der Waals surface area contributed by atoms with Crippen molar-refractivity contribution in [2.45, 2.75) is 6.92 Å². The van der Waals surface area contributed by atoms with Gasteiger partial charge >= 0.3 is 0 Å². The molecule has 0 fully saturated rings. The molecule has 23 heavy (non-hydrogen) atoms. The van der Waals surface area contributed by atoms with E-state index in [1.165, 1.54) is 12.1 Å². The quantitative estimate of drug-likeness (QED) is 0.364. The summed E-state index contributed by atoms with van der Waals surface area (Å²) in [5.41, 5.74) is 2.86. The first kappa shape index (κ1) is 16.4. The Hall–Kier alpha value is -2.95. The van der Waals surface area contributed by atoms with E-state index in [0.717, 1.165) is 5.69 Å². The van der Waals surface area contributed by atoms with E-state index in [1.54, 1.807) is 37.3 Å². The molecular formula is C18H18N2O3. The van der Waals surface area contributed by atoms with E-state index in [-0.39, 0.29) is 11.5 Å². The predicted molar refractivity (Wildman–Crippen MR) is 92.0 cm³/mol. The van der Waals surface area contributed by atoms with Gasteiger partial charge in [0.05, 0.1) is 4.92 Å². The van der Waals surface area contributed by atoms with E-state index in [0.29, 0.717) is 16.7 Å². The van der Waals surface area contributed by atoms with Gasteiger partial charge in [-0.1, -0.05) is 18.2 Å². The zero-order valence-electron chi connectivity index (χ0n) is 13.3. The normalized spacial score (nSPS) is 10.7. The maximum Gasteiger partial charge on any atom is 0.272 e. The molecule has 0 aliphatic heterocycles. The number of hydrogen-bond acceptors (Lipinski definition) is 4. The number of carbonyl (C=O) groups excluding carboxylic acids is 1. The molecule has 118 valence electrons. The summed E-state index contributed by atoms with van der Waals surface area (Å²) in [4.78, 5) is 24.6. The standard InChI is InChI=1S/C18H18N2O3/c1-13-4-5-14(12-17(13)20(22)23)6-11-18(21)15-7-9-16(10-8-15)19(2)3/h4-12H,1-3H3/b11-6+.